The Labute approximate surface area is 554 Å². The number of morpholine rings is 3. The summed E-state index contributed by atoms with van der Waals surface area (Å²) in [6.45, 7) is 10.8. The van der Waals surface area contributed by atoms with Crippen molar-refractivity contribution in [1.29, 1.82) is 0 Å². The summed E-state index contributed by atoms with van der Waals surface area (Å²) < 4.78 is 46.0. The molecule has 8 heterocycles. The second kappa shape index (κ2) is 31.9. The zero-order chi connectivity index (χ0) is 64.7. The maximum atomic E-state index is 12.4. The highest BCUT2D eigenvalue weighted by molar-refractivity contribution is 5.90. The molecule has 8 aliphatic rings. The number of carbonyl (C=O) groups is 3. The molecule has 24 nitrogen and oxygen atoms in total. The summed E-state index contributed by atoms with van der Waals surface area (Å²) in [5.74, 6) is 3.38. The second-order valence-electron chi connectivity index (χ2n) is 25.9. The van der Waals surface area contributed by atoms with Gasteiger partial charge in [0.1, 0.15) is 39.6 Å². The van der Waals surface area contributed by atoms with Crippen LogP contribution in [0.4, 0.5) is 22.9 Å². The average Bonchev–Trinajstić information content (AvgIpc) is 1.11. The number of fused-ring (bicyclic) bond motifs is 3. The van der Waals surface area contributed by atoms with E-state index in [4.69, 9.17) is 37.9 Å². The molecule has 0 spiro atoms. The minimum Gasteiger partial charge on any atom is -0.488 e. The summed E-state index contributed by atoms with van der Waals surface area (Å²) in [7, 11) is 1.38. The van der Waals surface area contributed by atoms with Gasteiger partial charge in [0.05, 0.1) is 99.7 Å². The number of pyridine rings is 1. The van der Waals surface area contributed by atoms with Crippen molar-refractivity contribution < 1.29 is 52.3 Å². The third-order valence-electron chi connectivity index (χ3n) is 19.6. The standard InChI is InChI=1S/C25H29N5O4.C23H30N4O4.C23H30N4O3/c1-32-25(31)17-6-7-27-23(14-17)29-18-2-4-20(5-3-18)34-22-16-19(30-10-12-33-13-11-30)15-21-24(22)28-9-8-26-21;28-23(16-5-10-30-15-16)26-17-1-3-19(4-2-17)31-21-14-18(27-8-11-29-12-9-27)13-20-22(21)25-7-6-24-20;28-23(16-2-1-3-16)26-17-4-6-19(7-5-17)30-21-15-18(27-10-12-29-13-11-27)14-20-22(21)25-9-8-24-20/h6-9,14-16,18,20H,2-5,10-13H2,1H3,(H,27,29);6-7,13-14,16-17,19H,1-5,8-12,15H2,(H,26,28);8-9,14-17,19H,1-7,10-13H2,(H,26,28). The summed E-state index contributed by atoms with van der Waals surface area (Å²) in [5, 5.41) is 9.91. The van der Waals surface area contributed by atoms with Gasteiger partial charge < -0.3 is 68.5 Å². The largest absolute Gasteiger partial charge is 0.488 e. The van der Waals surface area contributed by atoms with Crippen LogP contribution in [0.3, 0.4) is 0 Å². The average molecular weight is 1300 g/mol. The minimum absolute atomic E-state index is 0.0156. The monoisotopic (exact) mass is 1300 g/mol. The maximum Gasteiger partial charge on any atom is 0.338 e. The number of nitrogens with zero attached hydrogens (tertiary/aromatic N) is 10. The van der Waals surface area contributed by atoms with E-state index in [9.17, 15) is 14.4 Å². The van der Waals surface area contributed by atoms with Crippen LogP contribution in [0, 0.1) is 11.8 Å². The van der Waals surface area contributed by atoms with Crippen LogP contribution in [0.5, 0.6) is 17.2 Å². The van der Waals surface area contributed by atoms with E-state index in [1.54, 1.807) is 55.5 Å². The van der Waals surface area contributed by atoms with Crippen LogP contribution in [0.15, 0.2) is 91.9 Å². The lowest BCUT2D eigenvalue weighted by atomic mass is 9.84. The molecule has 4 aliphatic heterocycles. The predicted molar refractivity (Wildman–Crippen MR) is 359 cm³/mol. The number of hydrogen-bond donors (Lipinski definition) is 3. The Morgan fingerprint density at radius 2 is 0.821 bits per heavy atom. The number of ether oxygens (including phenoxy) is 8. The van der Waals surface area contributed by atoms with Gasteiger partial charge in [0, 0.05) is 149 Å². The van der Waals surface area contributed by atoms with Crippen molar-refractivity contribution in [2.45, 2.75) is 139 Å². The van der Waals surface area contributed by atoms with Crippen LogP contribution in [0.25, 0.3) is 33.1 Å². The Bertz CT molecular complexity index is 3690. The molecule has 4 saturated heterocycles. The van der Waals surface area contributed by atoms with Crippen LogP contribution in [-0.2, 0) is 33.3 Å². The fraction of sp³-hybridized carbons (Fsp3) is 0.549. The molecule has 1 atom stereocenters. The van der Waals surface area contributed by atoms with Gasteiger partial charge >= 0.3 is 5.97 Å². The molecule has 8 fully saturated rings. The lowest BCUT2D eigenvalue weighted by Crippen LogP contribution is -2.43. The van der Waals surface area contributed by atoms with Crippen LogP contribution >= 0.6 is 0 Å². The van der Waals surface area contributed by atoms with Crippen molar-refractivity contribution in [3.63, 3.8) is 0 Å². The predicted octanol–water partition coefficient (Wildman–Crippen LogP) is 8.83. The molecule has 0 bridgehead atoms. The summed E-state index contributed by atoms with van der Waals surface area (Å²) in [5.41, 5.74) is 8.76. The summed E-state index contributed by atoms with van der Waals surface area (Å²) >= 11 is 0. The molecule has 2 amide bonds. The van der Waals surface area contributed by atoms with Gasteiger partial charge in [-0.25, -0.2) is 24.7 Å². The Kier molecular flexibility index (Phi) is 22.0. The highest BCUT2D eigenvalue weighted by Gasteiger charge is 2.32. The molecule has 4 aliphatic carbocycles. The molecule has 4 aromatic heterocycles. The van der Waals surface area contributed by atoms with Crippen LogP contribution in [0.1, 0.15) is 113 Å². The molecular formula is C71H89N13O11. The van der Waals surface area contributed by atoms with Crippen molar-refractivity contribution in [3.05, 3.63) is 97.5 Å². The van der Waals surface area contributed by atoms with Gasteiger partial charge in [-0.2, -0.15) is 0 Å². The van der Waals surface area contributed by atoms with Gasteiger partial charge in [-0.15, -0.1) is 0 Å². The number of esters is 1. The van der Waals surface area contributed by atoms with Gasteiger partial charge in [-0.05, 0) is 127 Å². The first-order valence-electron chi connectivity index (χ1n) is 34.4. The molecule has 15 rings (SSSR count). The first-order valence-corrected chi connectivity index (χ1v) is 34.4. The first kappa shape index (κ1) is 65.3. The summed E-state index contributed by atoms with van der Waals surface area (Å²) in [6.07, 6.45) is 27.7. The first-order chi connectivity index (χ1) is 46.7. The summed E-state index contributed by atoms with van der Waals surface area (Å²) in [4.78, 5) is 74.8. The number of amides is 2. The number of aromatic nitrogens is 7. The third kappa shape index (κ3) is 17.0. The molecular weight excluding hydrogens is 1210 g/mol. The van der Waals surface area contributed by atoms with Gasteiger partial charge in [0.25, 0.3) is 0 Å². The normalized spacial score (nSPS) is 24.0. The highest BCUT2D eigenvalue weighted by atomic mass is 16.5. The molecule has 504 valence electrons. The number of nitrogens with one attached hydrogen (secondary N) is 3. The van der Waals surface area contributed by atoms with E-state index in [0.717, 1.165) is 243 Å². The van der Waals surface area contributed by atoms with E-state index in [1.165, 1.54) is 13.5 Å². The maximum absolute atomic E-state index is 12.4. The van der Waals surface area contributed by atoms with Crippen molar-refractivity contribution in [2.75, 3.05) is 119 Å². The van der Waals surface area contributed by atoms with Crippen molar-refractivity contribution >= 4 is 73.8 Å². The van der Waals surface area contributed by atoms with E-state index < -0.39 is 0 Å². The molecule has 95 heavy (non-hydrogen) atoms. The lowest BCUT2D eigenvalue weighted by Gasteiger charge is -2.33. The Morgan fingerprint density at radius 1 is 0.421 bits per heavy atom. The second-order valence-corrected chi connectivity index (χ2v) is 25.9. The van der Waals surface area contributed by atoms with E-state index in [2.05, 4.69) is 102 Å². The van der Waals surface area contributed by atoms with Crippen molar-refractivity contribution in [3.8, 4) is 17.2 Å². The molecule has 7 aromatic rings. The van der Waals surface area contributed by atoms with Gasteiger partial charge in [-0.1, -0.05) is 6.42 Å². The quantitative estimate of drug-likeness (QED) is 0.0763. The van der Waals surface area contributed by atoms with E-state index in [-0.39, 0.29) is 66.1 Å². The number of anilines is 4. The molecule has 1 unspecified atom stereocenters. The minimum atomic E-state index is -0.364. The zero-order valence-corrected chi connectivity index (χ0v) is 54.5. The van der Waals surface area contributed by atoms with E-state index in [0.29, 0.717) is 24.6 Å². The SMILES string of the molecule is COC(=O)c1ccnc(NC2CCC(Oc3cc(N4CCOCC4)cc4nccnc34)CC2)c1.O=C(NC1CCC(Oc2cc(N3CCOCC3)cc3nccnc23)CC1)C1CCC1.O=C(NC1CCC(Oc2cc(N3CCOCC3)cc3nccnc23)CC1)C1CCOC1. The van der Waals surface area contributed by atoms with E-state index >= 15 is 0 Å². The molecule has 3 N–H and O–H groups in total. The van der Waals surface area contributed by atoms with Gasteiger partial charge in [-0.3, -0.25) is 24.5 Å². The number of hydrogen-bond acceptors (Lipinski definition) is 22. The van der Waals surface area contributed by atoms with Gasteiger partial charge in [0.15, 0.2) is 0 Å². The van der Waals surface area contributed by atoms with Crippen molar-refractivity contribution in [1.82, 2.24) is 45.5 Å². The van der Waals surface area contributed by atoms with Crippen LogP contribution in [-0.4, -0.2) is 188 Å². The van der Waals surface area contributed by atoms with Crippen LogP contribution in [0.2, 0.25) is 0 Å². The fourth-order valence-corrected chi connectivity index (χ4v) is 13.9. The Balaban J connectivity index is 0.000000129. The highest BCUT2D eigenvalue weighted by Crippen LogP contribution is 2.37. The Morgan fingerprint density at radius 3 is 1.20 bits per heavy atom. The zero-order valence-electron chi connectivity index (χ0n) is 54.5. The number of methoxy groups -OCH3 is 1. The Hall–Kier alpha value is -8.32. The molecule has 0 radical (unpaired) electrons. The summed E-state index contributed by atoms with van der Waals surface area (Å²) in [6, 6.07) is 16.7. The molecule has 4 saturated carbocycles. The molecule has 24 heteroatoms. The smallest absolute Gasteiger partial charge is 0.338 e. The number of carbonyl (C=O) groups excluding carboxylic acids is 3. The number of rotatable bonds is 16. The van der Waals surface area contributed by atoms with E-state index in [1.807, 2.05) is 0 Å². The third-order valence-corrected chi connectivity index (χ3v) is 19.6. The van der Waals surface area contributed by atoms with Crippen LogP contribution < -0.4 is 44.9 Å². The fourth-order valence-electron chi connectivity index (χ4n) is 13.9. The lowest BCUT2D eigenvalue weighted by molar-refractivity contribution is -0.128. The topological polar surface area (TPSA) is 261 Å². The van der Waals surface area contributed by atoms with Crippen molar-refractivity contribution in [2.24, 2.45) is 11.8 Å². The van der Waals surface area contributed by atoms with Gasteiger partial charge in [0.2, 0.25) is 11.8 Å². The molecule has 3 aromatic carbocycles. The number of benzene rings is 3.